The Hall–Kier alpha value is -3.21. The number of rotatable bonds is 4. The second kappa shape index (κ2) is 8.27. The molecule has 0 aromatic heterocycles. The Morgan fingerprint density at radius 3 is 2.83 bits per heavy atom. The van der Waals surface area contributed by atoms with Gasteiger partial charge in [0.1, 0.15) is 7.11 Å². The molecule has 0 radical (unpaired) electrons. The molecule has 2 aliphatic heterocycles. The van der Waals surface area contributed by atoms with E-state index in [-0.39, 0.29) is 18.6 Å². The maximum Gasteiger partial charge on any atom is 0.254 e. The summed E-state index contributed by atoms with van der Waals surface area (Å²) in [4.78, 5) is 19.9. The minimum absolute atomic E-state index is 0.134. The van der Waals surface area contributed by atoms with Gasteiger partial charge in [-0.1, -0.05) is 23.4 Å². The Morgan fingerprint density at radius 1 is 1.30 bits per heavy atom. The molecule has 7 nitrogen and oxygen atoms in total. The van der Waals surface area contributed by atoms with Gasteiger partial charge in [-0.2, -0.15) is 5.26 Å². The van der Waals surface area contributed by atoms with Crippen LogP contribution in [0.5, 0.6) is 0 Å². The van der Waals surface area contributed by atoms with Crippen molar-refractivity contribution in [2.24, 2.45) is 5.16 Å². The first-order chi connectivity index (χ1) is 14.6. The molecule has 30 heavy (non-hydrogen) atoms. The number of likely N-dealkylation sites (tertiary alicyclic amines) is 1. The van der Waals surface area contributed by atoms with Crippen LogP contribution in [-0.2, 0) is 22.8 Å². The monoisotopic (exact) mass is 405 g/mol. The van der Waals surface area contributed by atoms with Crippen molar-refractivity contribution in [1.29, 1.82) is 5.26 Å². The third-order valence-electron chi connectivity index (χ3n) is 5.86. The standard InChI is InChI=1S/C23H23N3O4/c1-14-15(9-24)4-3-5-18(14)19-6-7-20(22-13-30-12-21(19)22)23(28)26-10-16(25-29-2)8-17(26)11-27/h3-7,17,27H,8,10-13H2,1-2H3/b25-16-/t17-/m0/s1. The van der Waals surface area contributed by atoms with Gasteiger partial charge in [0.25, 0.3) is 5.91 Å². The number of aliphatic hydroxyl groups excluding tert-OH is 1. The first kappa shape index (κ1) is 20.1. The molecule has 1 amide bonds. The lowest BCUT2D eigenvalue weighted by molar-refractivity contribution is 0.0676. The van der Waals surface area contributed by atoms with E-state index in [1.807, 2.05) is 31.2 Å². The maximum atomic E-state index is 13.4. The van der Waals surface area contributed by atoms with Gasteiger partial charge in [0.05, 0.1) is 49.8 Å². The molecule has 0 aliphatic carbocycles. The molecular formula is C23H23N3O4. The fourth-order valence-corrected chi connectivity index (χ4v) is 4.30. The predicted octanol–water partition coefficient (Wildman–Crippen LogP) is 2.77. The zero-order valence-electron chi connectivity index (χ0n) is 17.0. The predicted molar refractivity (Wildman–Crippen MR) is 111 cm³/mol. The number of amides is 1. The quantitative estimate of drug-likeness (QED) is 0.790. The molecule has 1 fully saturated rings. The van der Waals surface area contributed by atoms with Gasteiger partial charge in [0.2, 0.25) is 0 Å². The van der Waals surface area contributed by atoms with Crippen LogP contribution in [0.25, 0.3) is 11.1 Å². The Balaban J connectivity index is 1.74. The van der Waals surface area contributed by atoms with E-state index in [0.717, 1.165) is 33.5 Å². The summed E-state index contributed by atoms with van der Waals surface area (Å²) < 4.78 is 5.71. The summed E-state index contributed by atoms with van der Waals surface area (Å²) >= 11 is 0. The summed E-state index contributed by atoms with van der Waals surface area (Å²) in [7, 11) is 1.47. The Morgan fingerprint density at radius 2 is 2.10 bits per heavy atom. The van der Waals surface area contributed by atoms with E-state index in [4.69, 9.17) is 9.57 Å². The van der Waals surface area contributed by atoms with Gasteiger partial charge < -0.3 is 19.6 Å². The Labute approximate surface area is 175 Å². The third kappa shape index (κ3) is 3.34. The highest BCUT2D eigenvalue weighted by Gasteiger charge is 2.35. The lowest BCUT2D eigenvalue weighted by Gasteiger charge is -2.24. The molecule has 154 valence electrons. The lowest BCUT2D eigenvalue weighted by Crippen LogP contribution is -2.38. The van der Waals surface area contributed by atoms with E-state index in [2.05, 4.69) is 11.2 Å². The number of aliphatic hydroxyl groups is 1. The number of ether oxygens (including phenoxy) is 1. The highest BCUT2D eigenvalue weighted by Crippen LogP contribution is 2.36. The van der Waals surface area contributed by atoms with Gasteiger partial charge in [-0.25, -0.2) is 0 Å². The molecule has 1 N–H and O–H groups in total. The first-order valence-corrected chi connectivity index (χ1v) is 9.82. The molecule has 2 aromatic carbocycles. The van der Waals surface area contributed by atoms with E-state index in [0.29, 0.717) is 37.3 Å². The maximum absolute atomic E-state index is 13.4. The van der Waals surface area contributed by atoms with Gasteiger partial charge in [0.15, 0.2) is 0 Å². The van der Waals surface area contributed by atoms with E-state index in [1.54, 1.807) is 11.0 Å². The molecular weight excluding hydrogens is 382 g/mol. The van der Waals surface area contributed by atoms with E-state index in [9.17, 15) is 15.2 Å². The number of benzene rings is 2. The van der Waals surface area contributed by atoms with Crippen LogP contribution in [0.2, 0.25) is 0 Å². The first-order valence-electron chi connectivity index (χ1n) is 9.82. The van der Waals surface area contributed by atoms with Crippen LogP contribution < -0.4 is 0 Å². The molecule has 0 spiro atoms. The molecule has 0 bridgehead atoms. The van der Waals surface area contributed by atoms with Gasteiger partial charge in [0, 0.05) is 12.0 Å². The van der Waals surface area contributed by atoms with Crippen molar-refractivity contribution in [2.45, 2.75) is 32.6 Å². The number of carbonyl (C=O) groups excluding carboxylic acids is 1. The largest absolute Gasteiger partial charge is 0.399 e. The highest BCUT2D eigenvalue weighted by atomic mass is 16.6. The van der Waals surface area contributed by atoms with Crippen LogP contribution in [0.15, 0.2) is 35.5 Å². The zero-order valence-corrected chi connectivity index (χ0v) is 17.0. The molecule has 4 rings (SSSR count). The molecule has 2 aromatic rings. The summed E-state index contributed by atoms with van der Waals surface area (Å²) in [6.07, 6.45) is 0.493. The highest BCUT2D eigenvalue weighted by molar-refractivity contribution is 6.02. The summed E-state index contributed by atoms with van der Waals surface area (Å²) in [5, 5.41) is 23.1. The van der Waals surface area contributed by atoms with Crippen LogP contribution in [0.1, 0.15) is 39.0 Å². The van der Waals surface area contributed by atoms with Gasteiger partial charge in [-0.05, 0) is 46.9 Å². The van der Waals surface area contributed by atoms with Crippen LogP contribution >= 0.6 is 0 Å². The van der Waals surface area contributed by atoms with Crippen LogP contribution in [0.4, 0.5) is 0 Å². The number of nitriles is 1. The average molecular weight is 405 g/mol. The summed E-state index contributed by atoms with van der Waals surface area (Å²) in [5.41, 5.74) is 6.66. The molecule has 0 unspecified atom stereocenters. The zero-order chi connectivity index (χ0) is 21.3. The topological polar surface area (TPSA) is 95.2 Å². The number of hydrogen-bond donors (Lipinski definition) is 1. The molecule has 1 saturated heterocycles. The summed E-state index contributed by atoms with van der Waals surface area (Å²) in [5.74, 6) is -0.147. The fraction of sp³-hybridized carbons (Fsp3) is 0.348. The van der Waals surface area contributed by atoms with Crippen LogP contribution in [0, 0.1) is 18.3 Å². The molecule has 2 aliphatic rings. The number of fused-ring (bicyclic) bond motifs is 1. The smallest absolute Gasteiger partial charge is 0.254 e. The van der Waals surface area contributed by atoms with E-state index < -0.39 is 0 Å². The second-order valence-corrected chi connectivity index (χ2v) is 7.51. The van der Waals surface area contributed by atoms with Crippen molar-refractivity contribution in [1.82, 2.24) is 4.90 Å². The van der Waals surface area contributed by atoms with E-state index in [1.165, 1.54) is 7.11 Å². The van der Waals surface area contributed by atoms with Crippen molar-refractivity contribution < 1.29 is 19.5 Å². The normalized spacial score (nSPS) is 19.1. The third-order valence-corrected chi connectivity index (χ3v) is 5.86. The number of oxime groups is 1. The average Bonchev–Trinajstić information content (AvgIpc) is 3.40. The van der Waals surface area contributed by atoms with Crippen molar-refractivity contribution >= 4 is 11.6 Å². The number of hydrogen-bond acceptors (Lipinski definition) is 6. The summed E-state index contributed by atoms with van der Waals surface area (Å²) in [6, 6.07) is 11.3. The molecule has 0 saturated carbocycles. The summed E-state index contributed by atoms with van der Waals surface area (Å²) in [6.45, 7) is 2.91. The van der Waals surface area contributed by atoms with Gasteiger partial charge >= 0.3 is 0 Å². The van der Waals surface area contributed by atoms with Gasteiger partial charge in [-0.3, -0.25) is 4.79 Å². The van der Waals surface area contributed by atoms with Crippen molar-refractivity contribution in [3.05, 3.63) is 58.1 Å². The van der Waals surface area contributed by atoms with Crippen LogP contribution in [0.3, 0.4) is 0 Å². The molecule has 7 heteroatoms. The Kier molecular flexibility index (Phi) is 5.53. The minimum atomic E-state index is -0.321. The molecule has 2 heterocycles. The van der Waals surface area contributed by atoms with E-state index >= 15 is 0 Å². The number of carbonyl (C=O) groups is 1. The Bertz CT molecular complexity index is 1070. The fourth-order valence-electron chi connectivity index (χ4n) is 4.30. The van der Waals surface area contributed by atoms with Crippen LogP contribution in [-0.4, -0.2) is 47.9 Å². The minimum Gasteiger partial charge on any atom is -0.399 e. The van der Waals surface area contributed by atoms with Crippen molar-refractivity contribution in [3.8, 4) is 17.2 Å². The second-order valence-electron chi connectivity index (χ2n) is 7.51. The SMILES string of the molecule is CO/N=C1/C[C@@H](CO)N(C(=O)c2ccc(-c3cccc(C#N)c3C)c3c2COC3)C1. The van der Waals surface area contributed by atoms with Gasteiger partial charge in [-0.15, -0.1) is 0 Å². The lowest BCUT2D eigenvalue weighted by atomic mass is 9.89. The number of nitrogens with zero attached hydrogens (tertiary/aromatic N) is 3. The van der Waals surface area contributed by atoms with Crippen molar-refractivity contribution in [3.63, 3.8) is 0 Å². The molecule has 1 atom stereocenters. The van der Waals surface area contributed by atoms with Crippen molar-refractivity contribution in [2.75, 3.05) is 20.3 Å².